The molecule has 2 atom stereocenters. The molecule has 0 aliphatic rings. The summed E-state index contributed by atoms with van der Waals surface area (Å²) >= 11 is 0. The van der Waals surface area contributed by atoms with E-state index in [-0.39, 0.29) is 0 Å². The summed E-state index contributed by atoms with van der Waals surface area (Å²) in [7, 11) is 0. The third kappa shape index (κ3) is 3.76. The van der Waals surface area contributed by atoms with Crippen molar-refractivity contribution in [1.82, 2.24) is 0 Å². The minimum Gasteiger partial charge on any atom is -0.390 e. The van der Waals surface area contributed by atoms with Gasteiger partial charge in [0.25, 0.3) is 0 Å². The van der Waals surface area contributed by atoms with E-state index in [0.717, 1.165) is 19.3 Å². The van der Waals surface area contributed by atoms with Crippen LogP contribution in [0, 0.1) is 5.92 Å². The first kappa shape index (κ1) is 11.0. The molecule has 0 saturated heterocycles. The molecule has 1 nitrogen and oxygen atoms in total. The van der Waals surface area contributed by atoms with Crippen LogP contribution in [0.1, 0.15) is 53.4 Å². The molecular weight excluding hydrogens is 136 g/mol. The van der Waals surface area contributed by atoms with Crippen molar-refractivity contribution in [1.29, 1.82) is 0 Å². The molecule has 0 spiro atoms. The van der Waals surface area contributed by atoms with E-state index < -0.39 is 5.60 Å². The summed E-state index contributed by atoms with van der Waals surface area (Å²) in [6.07, 6.45) is 4.32. The zero-order chi connectivity index (χ0) is 8.91. The lowest BCUT2D eigenvalue weighted by molar-refractivity contribution is -0.00495. The molecule has 1 N–H and O–H groups in total. The molecule has 0 heterocycles. The molecule has 0 aliphatic heterocycles. The zero-order valence-electron chi connectivity index (χ0n) is 8.35. The van der Waals surface area contributed by atoms with Crippen molar-refractivity contribution in [2.75, 3.05) is 0 Å². The van der Waals surface area contributed by atoms with Crippen molar-refractivity contribution < 1.29 is 5.11 Å². The van der Waals surface area contributed by atoms with Gasteiger partial charge in [0, 0.05) is 0 Å². The van der Waals surface area contributed by atoms with Gasteiger partial charge in [-0.3, -0.25) is 0 Å². The van der Waals surface area contributed by atoms with Gasteiger partial charge in [-0.25, -0.2) is 0 Å². The Labute approximate surface area is 70.8 Å². The van der Waals surface area contributed by atoms with E-state index in [4.69, 9.17) is 0 Å². The van der Waals surface area contributed by atoms with Crippen LogP contribution in [0.2, 0.25) is 0 Å². The molecule has 11 heavy (non-hydrogen) atoms. The van der Waals surface area contributed by atoms with Crippen LogP contribution in [0.3, 0.4) is 0 Å². The fraction of sp³-hybridized carbons (Fsp3) is 1.00. The molecule has 0 saturated carbocycles. The summed E-state index contributed by atoms with van der Waals surface area (Å²) in [5.74, 6) is 0.425. The fourth-order valence-corrected chi connectivity index (χ4v) is 1.22. The predicted octanol–water partition coefficient (Wildman–Crippen LogP) is 2.97. The van der Waals surface area contributed by atoms with Gasteiger partial charge in [0.15, 0.2) is 0 Å². The van der Waals surface area contributed by atoms with Gasteiger partial charge < -0.3 is 5.11 Å². The molecule has 0 aromatic heterocycles. The first-order valence-electron chi connectivity index (χ1n) is 4.77. The lowest BCUT2D eigenvalue weighted by Crippen LogP contribution is -2.32. The Morgan fingerprint density at radius 3 is 2.27 bits per heavy atom. The molecule has 0 fully saturated rings. The number of aliphatic hydroxyl groups is 1. The van der Waals surface area contributed by atoms with Gasteiger partial charge in [-0.15, -0.1) is 0 Å². The van der Waals surface area contributed by atoms with Crippen LogP contribution in [0.4, 0.5) is 0 Å². The van der Waals surface area contributed by atoms with Crippen molar-refractivity contribution in [3.63, 3.8) is 0 Å². The lowest BCUT2D eigenvalue weighted by Gasteiger charge is -2.29. The summed E-state index contributed by atoms with van der Waals surface area (Å²) in [5.41, 5.74) is -0.440. The predicted molar refractivity (Wildman–Crippen MR) is 49.6 cm³/mol. The van der Waals surface area contributed by atoms with Gasteiger partial charge in [0.2, 0.25) is 0 Å². The Bertz CT molecular complexity index is 97.0. The molecule has 0 amide bonds. The number of hydrogen-bond donors (Lipinski definition) is 1. The normalized spacial score (nSPS) is 19.4. The van der Waals surface area contributed by atoms with E-state index in [1.807, 2.05) is 6.92 Å². The number of hydrogen-bond acceptors (Lipinski definition) is 1. The average molecular weight is 158 g/mol. The standard InChI is InChI=1S/C10H22O/c1-5-7-8-10(4,11)9(3)6-2/h9,11H,5-8H2,1-4H3. The minimum absolute atomic E-state index is 0.425. The highest BCUT2D eigenvalue weighted by molar-refractivity contribution is 4.77. The molecule has 68 valence electrons. The molecular formula is C10H22O. The van der Waals surface area contributed by atoms with Crippen LogP contribution in [0.25, 0.3) is 0 Å². The monoisotopic (exact) mass is 158 g/mol. The maximum absolute atomic E-state index is 9.91. The molecule has 0 aromatic rings. The quantitative estimate of drug-likeness (QED) is 0.652. The van der Waals surface area contributed by atoms with Crippen molar-refractivity contribution in [3.8, 4) is 0 Å². The van der Waals surface area contributed by atoms with Crippen molar-refractivity contribution in [2.24, 2.45) is 5.92 Å². The van der Waals surface area contributed by atoms with Gasteiger partial charge in [-0.1, -0.05) is 40.0 Å². The molecule has 0 bridgehead atoms. The van der Waals surface area contributed by atoms with Crippen LogP contribution < -0.4 is 0 Å². The second-order valence-electron chi connectivity index (χ2n) is 3.77. The van der Waals surface area contributed by atoms with Gasteiger partial charge >= 0.3 is 0 Å². The van der Waals surface area contributed by atoms with E-state index in [1.165, 1.54) is 6.42 Å². The Morgan fingerprint density at radius 2 is 1.91 bits per heavy atom. The molecule has 0 aromatic carbocycles. The van der Waals surface area contributed by atoms with E-state index in [0.29, 0.717) is 5.92 Å². The number of rotatable bonds is 5. The first-order chi connectivity index (χ1) is 5.04. The van der Waals surface area contributed by atoms with E-state index >= 15 is 0 Å². The van der Waals surface area contributed by atoms with Crippen molar-refractivity contribution in [3.05, 3.63) is 0 Å². The Kier molecular flexibility index (Phi) is 4.74. The highest BCUT2D eigenvalue weighted by Crippen LogP contribution is 2.25. The topological polar surface area (TPSA) is 20.2 Å². The van der Waals surface area contributed by atoms with Crippen LogP contribution in [0.5, 0.6) is 0 Å². The molecule has 0 aliphatic carbocycles. The lowest BCUT2D eigenvalue weighted by atomic mass is 9.84. The average Bonchev–Trinajstić information content (AvgIpc) is 1.99. The second kappa shape index (κ2) is 4.76. The first-order valence-corrected chi connectivity index (χ1v) is 4.77. The maximum atomic E-state index is 9.91. The molecule has 0 radical (unpaired) electrons. The summed E-state index contributed by atoms with van der Waals surface area (Å²) in [5, 5.41) is 9.91. The summed E-state index contributed by atoms with van der Waals surface area (Å²) in [6, 6.07) is 0. The summed E-state index contributed by atoms with van der Waals surface area (Å²) in [6.45, 7) is 8.37. The molecule has 1 heteroatoms. The fourth-order valence-electron chi connectivity index (χ4n) is 1.22. The smallest absolute Gasteiger partial charge is 0.0645 e. The SMILES string of the molecule is CCCCC(C)(O)C(C)CC. The second-order valence-corrected chi connectivity index (χ2v) is 3.77. The third-order valence-corrected chi connectivity index (χ3v) is 2.71. The third-order valence-electron chi connectivity index (χ3n) is 2.71. The van der Waals surface area contributed by atoms with Crippen molar-refractivity contribution in [2.45, 2.75) is 59.0 Å². The Morgan fingerprint density at radius 1 is 1.36 bits per heavy atom. The van der Waals surface area contributed by atoms with Crippen LogP contribution >= 0.6 is 0 Å². The van der Waals surface area contributed by atoms with Crippen LogP contribution in [-0.2, 0) is 0 Å². The zero-order valence-corrected chi connectivity index (χ0v) is 8.35. The van der Waals surface area contributed by atoms with Gasteiger partial charge in [-0.2, -0.15) is 0 Å². The minimum atomic E-state index is -0.440. The Balaban J connectivity index is 3.77. The van der Waals surface area contributed by atoms with E-state index in [1.54, 1.807) is 0 Å². The van der Waals surface area contributed by atoms with E-state index in [2.05, 4.69) is 20.8 Å². The summed E-state index contributed by atoms with van der Waals surface area (Å²) in [4.78, 5) is 0. The highest BCUT2D eigenvalue weighted by Gasteiger charge is 2.25. The Hall–Kier alpha value is -0.0400. The van der Waals surface area contributed by atoms with Crippen LogP contribution in [0.15, 0.2) is 0 Å². The largest absolute Gasteiger partial charge is 0.390 e. The number of unbranched alkanes of at least 4 members (excludes halogenated alkanes) is 1. The maximum Gasteiger partial charge on any atom is 0.0645 e. The van der Waals surface area contributed by atoms with E-state index in [9.17, 15) is 5.11 Å². The van der Waals surface area contributed by atoms with Gasteiger partial charge in [0.1, 0.15) is 0 Å². The molecule has 0 rings (SSSR count). The molecule has 2 unspecified atom stereocenters. The van der Waals surface area contributed by atoms with Crippen molar-refractivity contribution >= 4 is 0 Å². The van der Waals surface area contributed by atoms with Gasteiger partial charge in [0.05, 0.1) is 5.60 Å². The highest BCUT2D eigenvalue weighted by atomic mass is 16.3. The van der Waals surface area contributed by atoms with Gasteiger partial charge in [-0.05, 0) is 19.3 Å². The summed E-state index contributed by atoms with van der Waals surface area (Å²) < 4.78 is 0. The van der Waals surface area contributed by atoms with Crippen LogP contribution in [-0.4, -0.2) is 10.7 Å².